The number of oxazole rings is 1. The Morgan fingerprint density at radius 2 is 1.95 bits per heavy atom. The number of aromatic nitrogens is 1. The molecule has 3 aromatic rings. The van der Waals surface area contributed by atoms with Gasteiger partial charge in [0.1, 0.15) is 11.3 Å². The third-order valence-electron chi connectivity index (χ3n) is 3.10. The van der Waals surface area contributed by atoms with Gasteiger partial charge < -0.3 is 9.15 Å². The highest BCUT2D eigenvalue weighted by Gasteiger charge is 2.13. The number of sulfone groups is 1. The van der Waals surface area contributed by atoms with Crippen LogP contribution in [0, 0.1) is 0 Å². The molecule has 0 bridgehead atoms. The van der Waals surface area contributed by atoms with Crippen molar-refractivity contribution in [3.63, 3.8) is 0 Å². The number of fused-ring (bicyclic) bond motifs is 1. The van der Waals surface area contributed by atoms with Gasteiger partial charge in [-0.2, -0.15) is 0 Å². The van der Waals surface area contributed by atoms with Gasteiger partial charge in [-0.3, -0.25) is 0 Å². The summed E-state index contributed by atoms with van der Waals surface area (Å²) in [4.78, 5) is 4.58. The lowest BCUT2D eigenvalue weighted by atomic mass is 10.2. The Hall–Kier alpha value is -2.34. The fourth-order valence-electron chi connectivity index (χ4n) is 2.02. The second kappa shape index (κ2) is 4.89. The van der Waals surface area contributed by atoms with Crippen molar-refractivity contribution in [1.82, 2.24) is 4.98 Å². The molecule has 1 heterocycles. The highest BCUT2D eigenvalue weighted by molar-refractivity contribution is 7.90. The van der Waals surface area contributed by atoms with Crippen LogP contribution in [0.4, 0.5) is 0 Å². The lowest BCUT2D eigenvalue weighted by Crippen LogP contribution is -1.95. The zero-order chi connectivity index (χ0) is 15.0. The minimum Gasteiger partial charge on any atom is -0.497 e. The Bertz CT molecular complexity index is 912. The molecule has 21 heavy (non-hydrogen) atoms. The van der Waals surface area contributed by atoms with Crippen molar-refractivity contribution in [2.24, 2.45) is 0 Å². The van der Waals surface area contributed by atoms with Gasteiger partial charge in [0, 0.05) is 17.9 Å². The van der Waals surface area contributed by atoms with Crippen LogP contribution in [0.15, 0.2) is 51.8 Å². The second-order valence-electron chi connectivity index (χ2n) is 4.65. The lowest BCUT2D eigenvalue weighted by Gasteiger charge is -2.00. The van der Waals surface area contributed by atoms with Crippen LogP contribution in [0.2, 0.25) is 0 Å². The Morgan fingerprint density at radius 3 is 2.67 bits per heavy atom. The molecule has 5 nitrogen and oxygen atoms in total. The first-order chi connectivity index (χ1) is 9.97. The molecular weight excluding hydrogens is 290 g/mol. The van der Waals surface area contributed by atoms with Gasteiger partial charge >= 0.3 is 0 Å². The van der Waals surface area contributed by atoms with Crippen molar-refractivity contribution >= 4 is 20.9 Å². The monoisotopic (exact) mass is 303 g/mol. The van der Waals surface area contributed by atoms with Crippen molar-refractivity contribution in [3.8, 4) is 17.2 Å². The fraction of sp³-hybridized carbons (Fsp3) is 0.133. The highest BCUT2D eigenvalue weighted by Crippen LogP contribution is 2.28. The number of rotatable bonds is 3. The molecule has 0 fully saturated rings. The molecule has 0 radical (unpaired) electrons. The number of hydrogen-bond acceptors (Lipinski definition) is 5. The zero-order valence-corrected chi connectivity index (χ0v) is 12.3. The number of benzene rings is 2. The highest BCUT2D eigenvalue weighted by atomic mass is 32.2. The molecule has 0 unspecified atom stereocenters. The second-order valence-corrected chi connectivity index (χ2v) is 6.67. The van der Waals surface area contributed by atoms with E-state index in [1.165, 1.54) is 12.1 Å². The standard InChI is InChI=1S/C15H13NO4S/c1-19-11-5-3-4-10(8-11)15-16-13-7-6-12(21(2,17)18)9-14(13)20-15/h3-9H,1-2H3. The molecular formula is C15H13NO4S. The van der Waals surface area contributed by atoms with E-state index in [9.17, 15) is 8.42 Å². The molecule has 0 saturated heterocycles. The molecule has 0 aliphatic carbocycles. The first kappa shape index (κ1) is 13.6. The average Bonchev–Trinajstić information content (AvgIpc) is 2.89. The third-order valence-corrected chi connectivity index (χ3v) is 4.21. The van der Waals surface area contributed by atoms with Gasteiger partial charge in [0.2, 0.25) is 5.89 Å². The molecule has 6 heteroatoms. The largest absolute Gasteiger partial charge is 0.497 e. The summed E-state index contributed by atoms with van der Waals surface area (Å²) in [5, 5.41) is 0. The average molecular weight is 303 g/mol. The van der Waals surface area contributed by atoms with Crippen molar-refractivity contribution in [2.75, 3.05) is 13.4 Å². The fourth-order valence-corrected chi connectivity index (χ4v) is 2.65. The van der Waals surface area contributed by atoms with E-state index in [1.54, 1.807) is 13.2 Å². The van der Waals surface area contributed by atoms with E-state index < -0.39 is 9.84 Å². The Labute approximate surface area is 122 Å². The Kier molecular flexibility index (Phi) is 3.17. The molecule has 0 amide bonds. The van der Waals surface area contributed by atoms with Gasteiger partial charge in [0.15, 0.2) is 15.4 Å². The van der Waals surface area contributed by atoms with Gasteiger partial charge in [-0.25, -0.2) is 13.4 Å². The Morgan fingerprint density at radius 1 is 1.14 bits per heavy atom. The molecule has 0 atom stereocenters. The van der Waals surface area contributed by atoms with E-state index in [4.69, 9.17) is 9.15 Å². The van der Waals surface area contributed by atoms with E-state index in [2.05, 4.69) is 4.98 Å². The van der Waals surface area contributed by atoms with E-state index in [0.29, 0.717) is 22.7 Å². The number of nitrogens with zero attached hydrogens (tertiary/aromatic N) is 1. The summed E-state index contributed by atoms with van der Waals surface area (Å²) in [7, 11) is -1.68. The maximum Gasteiger partial charge on any atom is 0.227 e. The van der Waals surface area contributed by atoms with Gasteiger partial charge in [0.05, 0.1) is 12.0 Å². The van der Waals surface area contributed by atoms with Crippen molar-refractivity contribution in [2.45, 2.75) is 4.90 Å². The van der Waals surface area contributed by atoms with E-state index in [-0.39, 0.29) is 4.90 Å². The third kappa shape index (κ3) is 2.62. The summed E-state index contributed by atoms with van der Waals surface area (Å²) >= 11 is 0. The maximum absolute atomic E-state index is 11.6. The quantitative estimate of drug-likeness (QED) is 0.744. The summed E-state index contributed by atoms with van der Waals surface area (Å²) in [5.41, 5.74) is 1.82. The maximum atomic E-state index is 11.6. The Balaban J connectivity index is 2.12. The minimum absolute atomic E-state index is 0.211. The SMILES string of the molecule is COc1cccc(-c2nc3ccc(S(C)(=O)=O)cc3o2)c1. The molecule has 2 aromatic carbocycles. The first-order valence-corrected chi connectivity index (χ1v) is 8.11. The normalized spacial score (nSPS) is 11.7. The summed E-state index contributed by atoms with van der Waals surface area (Å²) in [6.45, 7) is 0. The van der Waals surface area contributed by atoms with Crippen molar-refractivity contribution in [3.05, 3.63) is 42.5 Å². The summed E-state index contributed by atoms with van der Waals surface area (Å²) < 4.78 is 33.9. The van der Waals surface area contributed by atoms with Crippen LogP contribution >= 0.6 is 0 Å². The number of hydrogen-bond donors (Lipinski definition) is 0. The summed E-state index contributed by atoms with van der Waals surface area (Å²) in [6, 6.07) is 12.0. The van der Waals surface area contributed by atoms with E-state index >= 15 is 0 Å². The van der Waals surface area contributed by atoms with Crippen molar-refractivity contribution < 1.29 is 17.6 Å². The summed E-state index contributed by atoms with van der Waals surface area (Å²) in [6.07, 6.45) is 1.16. The molecule has 1 aromatic heterocycles. The van der Waals surface area contributed by atoms with Crippen LogP contribution in [-0.4, -0.2) is 26.8 Å². The van der Waals surface area contributed by atoms with Crippen LogP contribution in [0.1, 0.15) is 0 Å². The van der Waals surface area contributed by atoms with Crippen molar-refractivity contribution in [1.29, 1.82) is 0 Å². The molecule has 108 valence electrons. The lowest BCUT2D eigenvalue weighted by molar-refractivity contribution is 0.415. The first-order valence-electron chi connectivity index (χ1n) is 6.22. The number of ether oxygens (including phenoxy) is 1. The predicted octanol–water partition coefficient (Wildman–Crippen LogP) is 2.91. The minimum atomic E-state index is -3.27. The molecule has 0 aliphatic rings. The smallest absolute Gasteiger partial charge is 0.227 e. The van der Waals surface area contributed by atoms with Crippen LogP contribution in [0.3, 0.4) is 0 Å². The van der Waals surface area contributed by atoms with Gasteiger partial charge in [-0.1, -0.05) is 6.07 Å². The van der Waals surface area contributed by atoms with Crippen LogP contribution in [0.25, 0.3) is 22.6 Å². The summed E-state index contributed by atoms with van der Waals surface area (Å²) in [5.74, 6) is 1.13. The zero-order valence-electron chi connectivity index (χ0n) is 11.5. The van der Waals surface area contributed by atoms with Crippen LogP contribution < -0.4 is 4.74 Å². The van der Waals surface area contributed by atoms with Gasteiger partial charge in [0.25, 0.3) is 0 Å². The molecule has 0 saturated carbocycles. The topological polar surface area (TPSA) is 69.4 Å². The van der Waals surface area contributed by atoms with E-state index in [1.807, 2.05) is 24.3 Å². The molecule has 0 N–H and O–H groups in total. The molecule has 0 aliphatic heterocycles. The molecule has 3 rings (SSSR count). The van der Waals surface area contributed by atoms with Crippen LogP contribution in [0.5, 0.6) is 5.75 Å². The number of methoxy groups -OCH3 is 1. The molecule has 0 spiro atoms. The predicted molar refractivity (Wildman–Crippen MR) is 79.1 cm³/mol. The van der Waals surface area contributed by atoms with Gasteiger partial charge in [-0.05, 0) is 30.3 Å². The van der Waals surface area contributed by atoms with E-state index in [0.717, 1.165) is 11.8 Å². The van der Waals surface area contributed by atoms with Gasteiger partial charge in [-0.15, -0.1) is 0 Å². The van der Waals surface area contributed by atoms with Crippen LogP contribution in [-0.2, 0) is 9.84 Å².